The first-order chi connectivity index (χ1) is 9.99. The molecule has 0 radical (unpaired) electrons. The molecule has 3 nitrogen and oxygen atoms in total. The van der Waals surface area contributed by atoms with Crippen molar-refractivity contribution in [2.75, 3.05) is 0 Å². The van der Waals surface area contributed by atoms with E-state index in [-0.39, 0.29) is 16.9 Å². The lowest BCUT2D eigenvalue weighted by atomic mass is 10.1. The van der Waals surface area contributed by atoms with Gasteiger partial charge in [0.05, 0.1) is 10.0 Å². The van der Waals surface area contributed by atoms with Crippen LogP contribution in [0.15, 0.2) is 29.9 Å². The molecule has 0 saturated carbocycles. The van der Waals surface area contributed by atoms with E-state index in [9.17, 15) is 4.79 Å². The lowest BCUT2D eigenvalue weighted by molar-refractivity contribution is 0.104. The van der Waals surface area contributed by atoms with Gasteiger partial charge >= 0.3 is 0 Å². The maximum absolute atomic E-state index is 12.4. The highest BCUT2D eigenvalue weighted by molar-refractivity contribution is 7.21. The van der Waals surface area contributed by atoms with Crippen LogP contribution in [0.5, 0.6) is 0 Å². The summed E-state index contributed by atoms with van der Waals surface area (Å²) >= 11 is 13.3. The van der Waals surface area contributed by atoms with Crippen LogP contribution in [0.25, 0.3) is 15.7 Å². The van der Waals surface area contributed by atoms with E-state index in [1.54, 1.807) is 12.1 Å². The molecule has 100 valence electrons. The molecule has 0 spiro atoms. The second-order valence-electron chi connectivity index (χ2n) is 4.35. The van der Waals surface area contributed by atoms with Crippen LogP contribution in [-0.2, 0) is 0 Å². The number of carbonyl (C=O) groups is 1. The predicted molar refractivity (Wildman–Crippen MR) is 83.5 cm³/mol. The average Bonchev–Trinajstić information content (AvgIpc) is 2.91. The summed E-state index contributed by atoms with van der Waals surface area (Å²) in [6.45, 7) is 3.71. The number of hydrogen-bond acceptors (Lipinski definition) is 4. The second kappa shape index (κ2) is 4.72. The van der Waals surface area contributed by atoms with Gasteiger partial charge in [0, 0.05) is 31.7 Å². The molecule has 2 aromatic rings. The number of ketones is 1. The number of nitriles is 2. The van der Waals surface area contributed by atoms with Gasteiger partial charge < -0.3 is 0 Å². The minimum absolute atomic E-state index is 0.115. The Morgan fingerprint density at radius 2 is 1.81 bits per heavy atom. The van der Waals surface area contributed by atoms with Gasteiger partial charge in [-0.25, -0.2) is 0 Å². The van der Waals surface area contributed by atoms with Crippen molar-refractivity contribution in [3.05, 3.63) is 50.3 Å². The number of rotatable bonds is 0. The largest absolute Gasteiger partial charge is 0.289 e. The summed E-state index contributed by atoms with van der Waals surface area (Å²) in [5.41, 5.74) is 0.809. The van der Waals surface area contributed by atoms with Gasteiger partial charge in [0.15, 0.2) is 5.78 Å². The quantitative estimate of drug-likeness (QED) is 0.516. The Bertz CT molecular complexity index is 954. The highest BCUT2D eigenvalue weighted by Crippen LogP contribution is 2.48. The Kier molecular flexibility index (Phi) is 3.11. The molecule has 0 unspecified atom stereocenters. The van der Waals surface area contributed by atoms with Crippen LogP contribution in [0.3, 0.4) is 0 Å². The number of nitrogens with zero attached hydrogens (tertiary/aromatic N) is 2. The van der Waals surface area contributed by atoms with E-state index >= 15 is 0 Å². The number of halogens is 2. The normalized spacial score (nSPS) is 13.2. The summed E-state index contributed by atoms with van der Waals surface area (Å²) in [4.78, 5) is 13.0. The van der Waals surface area contributed by atoms with Crippen molar-refractivity contribution < 1.29 is 4.79 Å². The minimum atomic E-state index is -0.285. The molecule has 1 aromatic heterocycles. The summed E-state index contributed by atoms with van der Waals surface area (Å²) in [6, 6.07) is 6.93. The molecule has 0 amide bonds. The molecular formula is C15H4Cl2N2OS. The van der Waals surface area contributed by atoms with Crippen LogP contribution in [-0.4, -0.2) is 5.78 Å². The van der Waals surface area contributed by atoms with E-state index in [4.69, 9.17) is 33.7 Å². The first-order valence-corrected chi connectivity index (χ1v) is 7.27. The highest BCUT2D eigenvalue weighted by atomic mass is 35.5. The molecule has 1 heterocycles. The van der Waals surface area contributed by atoms with Crippen LogP contribution in [0.1, 0.15) is 15.2 Å². The van der Waals surface area contributed by atoms with Crippen molar-refractivity contribution in [3.8, 4) is 12.1 Å². The van der Waals surface area contributed by atoms with Crippen LogP contribution in [0.2, 0.25) is 10.0 Å². The number of hydrogen-bond donors (Lipinski definition) is 0. The molecule has 6 heteroatoms. The third-order valence-corrected chi connectivity index (χ3v) is 5.13. The van der Waals surface area contributed by atoms with Crippen molar-refractivity contribution in [1.82, 2.24) is 0 Å². The first kappa shape index (κ1) is 13.9. The van der Waals surface area contributed by atoms with E-state index in [0.29, 0.717) is 31.4 Å². The maximum Gasteiger partial charge on any atom is 0.195 e. The van der Waals surface area contributed by atoms with Gasteiger partial charge in [-0.2, -0.15) is 10.5 Å². The average molecular weight is 331 g/mol. The lowest BCUT2D eigenvalue weighted by Gasteiger charge is -1.99. The molecule has 3 rings (SSSR count). The van der Waals surface area contributed by atoms with Crippen molar-refractivity contribution in [3.63, 3.8) is 0 Å². The number of carbonyl (C=O) groups excluding carboxylic acids is 1. The van der Waals surface area contributed by atoms with E-state index < -0.39 is 0 Å². The number of thiophene rings is 1. The van der Waals surface area contributed by atoms with Crippen LogP contribution in [0.4, 0.5) is 0 Å². The van der Waals surface area contributed by atoms with Crippen molar-refractivity contribution in [1.29, 1.82) is 10.5 Å². The summed E-state index contributed by atoms with van der Waals surface area (Å²) in [6.07, 6.45) is 0. The zero-order chi connectivity index (χ0) is 15.3. The van der Waals surface area contributed by atoms with Gasteiger partial charge in [0.1, 0.15) is 17.7 Å². The first-order valence-electron chi connectivity index (χ1n) is 5.70. The molecule has 0 saturated heterocycles. The van der Waals surface area contributed by atoms with Crippen molar-refractivity contribution in [2.24, 2.45) is 0 Å². The summed E-state index contributed by atoms with van der Waals surface area (Å²) in [5.74, 6) is -0.285. The molecule has 1 aliphatic carbocycles. The van der Waals surface area contributed by atoms with Gasteiger partial charge in [-0.1, -0.05) is 29.8 Å². The fraction of sp³-hybridized carbons (Fsp3) is 0. The monoisotopic (exact) mass is 330 g/mol. The molecule has 1 aliphatic rings. The molecule has 0 N–H and O–H groups in total. The number of Topliss-reactive ketones (excluding diaryl/α,β-unsaturated/α-hetero) is 1. The summed E-state index contributed by atoms with van der Waals surface area (Å²) in [7, 11) is 0. The van der Waals surface area contributed by atoms with Crippen LogP contribution >= 0.6 is 34.5 Å². The highest BCUT2D eigenvalue weighted by Gasteiger charge is 2.35. The van der Waals surface area contributed by atoms with Gasteiger partial charge in [-0.3, -0.25) is 4.79 Å². The Morgan fingerprint density at radius 3 is 2.43 bits per heavy atom. The fourth-order valence-corrected chi connectivity index (χ4v) is 3.99. The van der Waals surface area contributed by atoms with Crippen LogP contribution in [0, 0.1) is 22.7 Å². The zero-order valence-electron chi connectivity index (χ0n) is 10.3. The van der Waals surface area contributed by atoms with E-state index in [2.05, 4.69) is 6.58 Å². The molecule has 1 aromatic carbocycles. The molecular weight excluding hydrogens is 327 g/mol. The standard InChI is InChI=1S/C15H4Cl2N2OS/c1-6-12(7(4-18)5-19)15-13(14(6)20)8-2-9(16)10(17)3-11(8)21-15/h2-3H,1H2. The van der Waals surface area contributed by atoms with Gasteiger partial charge in [-0.15, -0.1) is 11.3 Å². The van der Waals surface area contributed by atoms with Crippen molar-refractivity contribution >= 4 is 56.0 Å². The lowest BCUT2D eigenvalue weighted by Crippen LogP contribution is -1.94. The molecule has 0 atom stereocenters. The van der Waals surface area contributed by atoms with E-state index in [1.165, 1.54) is 11.3 Å². The number of benzene rings is 1. The van der Waals surface area contributed by atoms with Crippen LogP contribution < -0.4 is 0 Å². The topological polar surface area (TPSA) is 64.7 Å². The minimum Gasteiger partial charge on any atom is -0.289 e. The zero-order valence-corrected chi connectivity index (χ0v) is 12.7. The Labute approximate surface area is 133 Å². The van der Waals surface area contributed by atoms with Gasteiger partial charge in [0.25, 0.3) is 0 Å². The summed E-state index contributed by atoms with van der Waals surface area (Å²) < 4.78 is 0.781. The Morgan fingerprint density at radius 1 is 1.19 bits per heavy atom. The number of allylic oxidation sites excluding steroid dienone is 3. The molecule has 0 aliphatic heterocycles. The Balaban J connectivity index is 2.47. The Hall–Kier alpha value is -2.11. The second-order valence-corrected chi connectivity index (χ2v) is 6.22. The molecule has 0 fully saturated rings. The maximum atomic E-state index is 12.4. The SMILES string of the molecule is C=C1C(=O)c2c(sc3cc(Cl)c(Cl)cc23)C1=C(C#N)C#N. The smallest absolute Gasteiger partial charge is 0.195 e. The number of fused-ring (bicyclic) bond motifs is 3. The third kappa shape index (κ3) is 1.81. The summed E-state index contributed by atoms with van der Waals surface area (Å²) in [5, 5.41) is 19.5. The van der Waals surface area contributed by atoms with E-state index in [1.807, 2.05) is 12.1 Å². The van der Waals surface area contributed by atoms with E-state index in [0.717, 1.165) is 4.70 Å². The molecule has 21 heavy (non-hydrogen) atoms. The fourth-order valence-electron chi connectivity index (χ4n) is 2.30. The molecule has 0 bridgehead atoms. The van der Waals surface area contributed by atoms with Gasteiger partial charge in [0.2, 0.25) is 0 Å². The third-order valence-electron chi connectivity index (χ3n) is 3.23. The predicted octanol–water partition coefficient (Wildman–Crippen LogP) is 4.76. The van der Waals surface area contributed by atoms with Crippen molar-refractivity contribution in [2.45, 2.75) is 0 Å². The van der Waals surface area contributed by atoms with Gasteiger partial charge in [-0.05, 0) is 12.1 Å².